The molecule has 0 radical (unpaired) electrons. The standard InChI is InChI=1S/C12H15N5O/c1-8(12(18)14-2)17-7-15-6-10(17)9-4-3-5-16-11(9)13/h3-8H,1-2H3,(H2,13,16)(H,14,18). The first-order valence-corrected chi connectivity index (χ1v) is 5.59. The molecule has 94 valence electrons. The lowest BCUT2D eigenvalue weighted by Gasteiger charge is -2.15. The molecule has 0 aliphatic heterocycles. The Balaban J connectivity index is 2.46. The highest BCUT2D eigenvalue weighted by Gasteiger charge is 2.18. The van der Waals surface area contributed by atoms with Gasteiger partial charge in [0, 0.05) is 18.8 Å². The predicted molar refractivity (Wildman–Crippen MR) is 68.6 cm³/mol. The van der Waals surface area contributed by atoms with Crippen LogP contribution in [0.2, 0.25) is 0 Å². The number of anilines is 1. The lowest BCUT2D eigenvalue weighted by atomic mass is 10.2. The van der Waals surface area contributed by atoms with Crippen molar-refractivity contribution < 1.29 is 4.79 Å². The summed E-state index contributed by atoms with van der Waals surface area (Å²) >= 11 is 0. The first kappa shape index (κ1) is 12.1. The molecule has 1 atom stereocenters. The molecular weight excluding hydrogens is 230 g/mol. The number of nitrogens with zero attached hydrogens (tertiary/aromatic N) is 3. The van der Waals surface area contributed by atoms with E-state index in [4.69, 9.17) is 5.73 Å². The van der Waals surface area contributed by atoms with Crippen LogP contribution in [0.3, 0.4) is 0 Å². The minimum Gasteiger partial charge on any atom is -0.383 e. The van der Waals surface area contributed by atoms with Crippen molar-refractivity contribution in [2.24, 2.45) is 0 Å². The van der Waals surface area contributed by atoms with Crippen LogP contribution >= 0.6 is 0 Å². The molecular formula is C12H15N5O. The molecule has 2 aromatic heterocycles. The van der Waals surface area contributed by atoms with E-state index in [0.29, 0.717) is 5.82 Å². The van der Waals surface area contributed by atoms with E-state index in [-0.39, 0.29) is 11.9 Å². The number of nitrogens with one attached hydrogen (secondary N) is 1. The van der Waals surface area contributed by atoms with Crippen LogP contribution in [0.4, 0.5) is 5.82 Å². The third-order valence-corrected chi connectivity index (χ3v) is 2.82. The maximum atomic E-state index is 11.7. The summed E-state index contributed by atoms with van der Waals surface area (Å²) in [6.07, 6.45) is 4.91. The molecule has 0 fully saturated rings. The van der Waals surface area contributed by atoms with E-state index in [1.54, 1.807) is 43.3 Å². The van der Waals surface area contributed by atoms with Crippen molar-refractivity contribution in [2.75, 3.05) is 12.8 Å². The molecule has 0 spiro atoms. The van der Waals surface area contributed by atoms with Crippen LogP contribution in [0.1, 0.15) is 13.0 Å². The third-order valence-electron chi connectivity index (χ3n) is 2.82. The molecule has 0 bridgehead atoms. The van der Waals surface area contributed by atoms with Gasteiger partial charge in [-0.25, -0.2) is 9.97 Å². The van der Waals surface area contributed by atoms with E-state index < -0.39 is 0 Å². The lowest BCUT2D eigenvalue weighted by Crippen LogP contribution is -2.27. The number of pyridine rings is 1. The number of nitrogens with two attached hydrogens (primary N) is 1. The summed E-state index contributed by atoms with van der Waals surface area (Å²) in [6.45, 7) is 1.80. The largest absolute Gasteiger partial charge is 0.383 e. The number of likely N-dealkylation sites (N-methyl/N-ethyl adjacent to an activating group) is 1. The van der Waals surface area contributed by atoms with Crippen LogP contribution < -0.4 is 11.1 Å². The van der Waals surface area contributed by atoms with Gasteiger partial charge < -0.3 is 15.6 Å². The van der Waals surface area contributed by atoms with E-state index in [1.165, 1.54) is 0 Å². The average Bonchev–Trinajstić information content (AvgIpc) is 2.86. The second kappa shape index (κ2) is 4.87. The summed E-state index contributed by atoms with van der Waals surface area (Å²) in [5.74, 6) is 0.333. The number of hydrogen-bond acceptors (Lipinski definition) is 4. The lowest BCUT2D eigenvalue weighted by molar-refractivity contribution is -0.123. The zero-order valence-electron chi connectivity index (χ0n) is 10.3. The van der Waals surface area contributed by atoms with Gasteiger partial charge in [0.1, 0.15) is 11.9 Å². The van der Waals surface area contributed by atoms with Crippen LogP contribution in [-0.4, -0.2) is 27.5 Å². The Kier molecular flexibility index (Phi) is 3.27. The average molecular weight is 245 g/mol. The maximum Gasteiger partial charge on any atom is 0.242 e. The zero-order chi connectivity index (χ0) is 13.1. The highest BCUT2D eigenvalue weighted by molar-refractivity contribution is 5.81. The van der Waals surface area contributed by atoms with Crippen molar-refractivity contribution in [3.63, 3.8) is 0 Å². The van der Waals surface area contributed by atoms with Crippen LogP contribution in [-0.2, 0) is 4.79 Å². The van der Waals surface area contributed by atoms with Gasteiger partial charge in [-0.2, -0.15) is 0 Å². The molecule has 2 aromatic rings. The van der Waals surface area contributed by atoms with E-state index in [2.05, 4.69) is 15.3 Å². The van der Waals surface area contributed by atoms with Gasteiger partial charge >= 0.3 is 0 Å². The van der Waals surface area contributed by atoms with Gasteiger partial charge in [-0.3, -0.25) is 4.79 Å². The van der Waals surface area contributed by atoms with Gasteiger partial charge in [0.05, 0.1) is 18.2 Å². The fourth-order valence-corrected chi connectivity index (χ4v) is 1.79. The van der Waals surface area contributed by atoms with Crippen LogP contribution in [0, 0.1) is 0 Å². The molecule has 2 heterocycles. The molecule has 6 heteroatoms. The number of carbonyl (C=O) groups excluding carboxylic acids is 1. The quantitative estimate of drug-likeness (QED) is 0.838. The predicted octanol–water partition coefficient (Wildman–Crippen LogP) is 0.834. The first-order chi connectivity index (χ1) is 8.65. The number of nitrogen functional groups attached to an aromatic ring is 1. The van der Waals surface area contributed by atoms with Crippen LogP contribution in [0.25, 0.3) is 11.3 Å². The topological polar surface area (TPSA) is 85.8 Å². The fourth-order valence-electron chi connectivity index (χ4n) is 1.79. The maximum absolute atomic E-state index is 11.7. The highest BCUT2D eigenvalue weighted by atomic mass is 16.2. The summed E-state index contributed by atoms with van der Waals surface area (Å²) in [6, 6.07) is 3.30. The highest BCUT2D eigenvalue weighted by Crippen LogP contribution is 2.25. The normalized spacial score (nSPS) is 12.1. The summed E-state index contributed by atoms with van der Waals surface area (Å²) in [7, 11) is 1.61. The molecule has 0 saturated carbocycles. The van der Waals surface area contributed by atoms with Gasteiger partial charge in [0.2, 0.25) is 5.91 Å². The summed E-state index contributed by atoms with van der Waals surface area (Å²) in [4.78, 5) is 19.8. The second-order valence-electron chi connectivity index (χ2n) is 3.91. The van der Waals surface area contributed by atoms with Gasteiger partial charge in [0.25, 0.3) is 0 Å². The van der Waals surface area contributed by atoms with Crippen molar-refractivity contribution >= 4 is 11.7 Å². The van der Waals surface area contributed by atoms with Crippen molar-refractivity contribution in [3.05, 3.63) is 30.9 Å². The Morgan fingerprint density at radius 3 is 3.00 bits per heavy atom. The number of carbonyl (C=O) groups is 1. The first-order valence-electron chi connectivity index (χ1n) is 5.59. The van der Waals surface area contributed by atoms with Crippen molar-refractivity contribution in [1.29, 1.82) is 0 Å². The summed E-state index contributed by atoms with van der Waals surface area (Å²) < 4.78 is 1.77. The van der Waals surface area contributed by atoms with E-state index in [1.807, 2.05) is 6.07 Å². The molecule has 3 N–H and O–H groups in total. The number of imidazole rings is 1. The molecule has 0 aliphatic carbocycles. The molecule has 0 aromatic carbocycles. The third kappa shape index (κ3) is 2.04. The number of amides is 1. The number of hydrogen-bond donors (Lipinski definition) is 2. The fraction of sp³-hybridized carbons (Fsp3) is 0.250. The Labute approximate surface area is 105 Å². The van der Waals surface area contributed by atoms with Crippen molar-refractivity contribution in [2.45, 2.75) is 13.0 Å². The van der Waals surface area contributed by atoms with Gasteiger partial charge in [-0.05, 0) is 19.1 Å². The molecule has 1 unspecified atom stereocenters. The second-order valence-corrected chi connectivity index (χ2v) is 3.91. The SMILES string of the molecule is CNC(=O)C(C)n1cncc1-c1cccnc1N. The van der Waals surface area contributed by atoms with Gasteiger partial charge in [-0.1, -0.05) is 0 Å². The molecule has 6 nitrogen and oxygen atoms in total. The molecule has 18 heavy (non-hydrogen) atoms. The Morgan fingerprint density at radius 1 is 1.56 bits per heavy atom. The summed E-state index contributed by atoms with van der Waals surface area (Å²) in [5, 5.41) is 2.61. The van der Waals surface area contributed by atoms with Gasteiger partial charge in [0.15, 0.2) is 0 Å². The molecule has 2 rings (SSSR count). The molecule has 1 amide bonds. The Morgan fingerprint density at radius 2 is 2.33 bits per heavy atom. The van der Waals surface area contributed by atoms with E-state index in [9.17, 15) is 4.79 Å². The smallest absolute Gasteiger partial charge is 0.242 e. The van der Waals surface area contributed by atoms with E-state index >= 15 is 0 Å². The van der Waals surface area contributed by atoms with Crippen LogP contribution in [0.15, 0.2) is 30.9 Å². The minimum absolute atomic E-state index is 0.0864. The zero-order valence-corrected chi connectivity index (χ0v) is 10.3. The van der Waals surface area contributed by atoms with Crippen molar-refractivity contribution in [3.8, 4) is 11.3 Å². The van der Waals surface area contributed by atoms with Crippen molar-refractivity contribution in [1.82, 2.24) is 19.9 Å². The Bertz CT molecular complexity index is 563. The monoisotopic (exact) mass is 245 g/mol. The molecule has 0 saturated heterocycles. The van der Waals surface area contributed by atoms with E-state index in [0.717, 1.165) is 11.3 Å². The Hall–Kier alpha value is -2.37. The summed E-state index contributed by atoms with van der Waals surface area (Å²) in [5.41, 5.74) is 7.38. The van der Waals surface area contributed by atoms with Gasteiger partial charge in [-0.15, -0.1) is 0 Å². The number of aromatic nitrogens is 3. The number of rotatable bonds is 3. The minimum atomic E-state index is -0.355. The molecule has 0 aliphatic rings. The van der Waals surface area contributed by atoms with Crippen LogP contribution in [0.5, 0.6) is 0 Å².